The molecule has 0 saturated heterocycles. The average Bonchev–Trinajstić information content (AvgIpc) is 3.13. The lowest BCUT2D eigenvalue weighted by molar-refractivity contribution is -0.116. The first-order valence-electron chi connectivity index (χ1n) is 11.7. The summed E-state index contributed by atoms with van der Waals surface area (Å²) in [5.74, 6) is -0.368. The van der Waals surface area contributed by atoms with E-state index in [1.54, 1.807) is 35.9 Å². The Hall–Kier alpha value is -4.10. The maximum atomic E-state index is 13.8. The number of nitrogens with one attached hydrogen (secondary N) is 1. The lowest BCUT2D eigenvalue weighted by atomic mass is 10.1. The number of fused-ring (bicyclic) bond motifs is 3. The first-order chi connectivity index (χ1) is 17.3. The fraction of sp³-hybridized carbons (Fsp3) is 0.179. The van der Waals surface area contributed by atoms with Crippen LogP contribution in [0.1, 0.15) is 18.1 Å². The monoisotopic (exact) mass is 500 g/mol. The van der Waals surface area contributed by atoms with Crippen molar-refractivity contribution in [3.05, 3.63) is 104 Å². The zero-order valence-corrected chi connectivity index (χ0v) is 21.0. The summed E-state index contributed by atoms with van der Waals surface area (Å²) in [6, 6.07) is 19.9. The minimum absolute atomic E-state index is 0.264. The van der Waals surface area contributed by atoms with E-state index in [1.165, 1.54) is 4.57 Å². The largest absolute Gasteiger partial charge is 0.338 e. The van der Waals surface area contributed by atoms with Crippen molar-refractivity contribution in [1.82, 2.24) is 13.7 Å². The molecule has 8 heteroatoms. The number of carbonyl (C=O) groups excluding carboxylic acids is 1. The molecule has 1 amide bonds. The number of nitrogens with zero attached hydrogens (tertiary/aromatic N) is 3. The van der Waals surface area contributed by atoms with Crippen LogP contribution in [0.25, 0.3) is 27.6 Å². The Labute approximate surface area is 212 Å². The summed E-state index contributed by atoms with van der Waals surface area (Å²) in [7, 11) is 1.79. The van der Waals surface area contributed by atoms with Crippen molar-refractivity contribution in [2.24, 2.45) is 7.05 Å². The molecule has 0 radical (unpaired) electrons. The molecule has 2 heterocycles. The highest BCUT2D eigenvalue weighted by Gasteiger charge is 2.22. The van der Waals surface area contributed by atoms with Crippen molar-refractivity contribution in [2.45, 2.75) is 26.8 Å². The lowest BCUT2D eigenvalue weighted by Gasteiger charge is -2.14. The molecule has 0 bridgehead atoms. The van der Waals surface area contributed by atoms with Crippen molar-refractivity contribution >= 4 is 45.1 Å². The lowest BCUT2D eigenvalue weighted by Crippen LogP contribution is -2.41. The molecule has 0 unspecified atom stereocenters. The molecule has 0 aliphatic rings. The van der Waals surface area contributed by atoms with Gasteiger partial charge in [-0.25, -0.2) is 9.36 Å². The predicted octanol–water partition coefficient (Wildman–Crippen LogP) is 4.81. The van der Waals surface area contributed by atoms with E-state index in [0.29, 0.717) is 27.4 Å². The van der Waals surface area contributed by atoms with E-state index in [4.69, 9.17) is 11.6 Å². The van der Waals surface area contributed by atoms with Gasteiger partial charge >= 0.3 is 5.69 Å². The standard InChI is InChI=1S/C28H25ClN4O3/c1-4-18-7-5-9-20(14-18)30-24(34)16-32-25-22-13-17(2)11-12-23(22)31(3)26(25)27(35)33(28(32)36)21-10-6-8-19(29)15-21/h5-15H,4,16H2,1-3H3,(H,30,34). The van der Waals surface area contributed by atoms with Crippen LogP contribution in [0.15, 0.2) is 76.3 Å². The van der Waals surface area contributed by atoms with Crippen molar-refractivity contribution in [2.75, 3.05) is 5.32 Å². The van der Waals surface area contributed by atoms with Gasteiger partial charge in [0.25, 0.3) is 5.56 Å². The summed E-state index contributed by atoms with van der Waals surface area (Å²) in [6.45, 7) is 3.72. The molecule has 0 aliphatic heterocycles. The van der Waals surface area contributed by atoms with E-state index in [2.05, 4.69) is 5.32 Å². The number of benzene rings is 3. The first-order valence-corrected chi connectivity index (χ1v) is 12.1. The van der Waals surface area contributed by atoms with Gasteiger partial charge in [-0.15, -0.1) is 0 Å². The fourth-order valence-electron chi connectivity index (χ4n) is 4.67. The number of rotatable bonds is 5. The van der Waals surface area contributed by atoms with E-state index in [9.17, 15) is 14.4 Å². The Morgan fingerprint density at radius 2 is 1.75 bits per heavy atom. The van der Waals surface area contributed by atoms with Crippen molar-refractivity contribution in [1.29, 1.82) is 0 Å². The fourth-order valence-corrected chi connectivity index (χ4v) is 4.85. The van der Waals surface area contributed by atoms with E-state index >= 15 is 0 Å². The van der Waals surface area contributed by atoms with Crippen LogP contribution >= 0.6 is 11.6 Å². The Morgan fingerprint density at radius 3 is 2.50 bits per heavy atom. The van der Waals surface area contributed by atoms with Gasteiger partial charge in [0.2, 0.25) is 5.91 Å². The molecular formula is C28H25ClN4O3. The van der Waals surface area contributed by atoms with Crippen LogP contribution in [0.5, 0.6) is 0 Å². The number of hydrogen-bond donors (Lipinski definition) is 1. The predicted molar refractivity (Wildman–Crippen MR) is 144 cm³/mol. The molecule has 7 nitrogen and oxygen atoms in total. The second-order valence-electron chi connectivity index (χ2n) is 8.87. The minimum atomic E-state index is -0.610. The van der Waals surface area contributed by atoms with Crippen LogP contribution in [-0.2, 0) is 24.8 Å². The number of carbonyl (C=O) groups is 1. The molecule has 0 fully saturated rings. The number of hydrogen-bond acceptors (Lipinski definition) is 3. The maximum absolute atomic E-state index is 13.8. The molecule has 0 saturated carbocycles. The number of amides is 1. The highest BCUT2D eigenvalue weighted by Crippen LogP contribution is 2.27. The van der Waals surface area contributed by atoms with Crippen molar-refractivity contribution in [3.8, 4) is 5.69 Å². The molecule has 5 rings (SSSR count). The number of halogens is 1. The summed E-state index contributed by atoms with van der Waals surface area (Å²) in [5.41, 5.74) is 3.53. The van der Waals surface area contributed by atoms with Crippen LogP contribution in [0.2, 0.25) is 5.02 Å². The number of aromatic nitrogens is 3. The summed E-state index contributed by atoms with van der Waals surface area (Å²) >= 11 is 6.18. The van der Waals surface area contributed by atoms with Crippen LogP contribution in [0.4, 0.5) is 5.69 Å². The van der Waals surface area contributed by atoms with Crippen molar-refractivity contribution < 1.29 is 4.79 Å². The summed E-state index contributed by atoms with van der Waals surface area (Å²) in [6.07, 6.45) is 0.837. The molecule has 0 atom stereocenters. The maximum Gasteiger partial charge on any atom is 0.336 e. The van der Waals surface area contributed by atoms with Crippen LogP contribution in [0.3, 0.4) is 0 Å². The van der Waals surface area contributed by atoms with E-state index in [1.807, 2.05) is 56.3 Å². The molecule has 182 valence electrons. The molecule has 5 aromatic rings. The zero-order valence-electron chi connectivity index (χ0n) is 20.2. The highest BCUT2D eigenvalue weighted by molar-refractivity contribution is 6.30. The Kier molecular flexibility index (Phi) is 6.02. The molecule has 0 aliphatic carbocycles. The third-order valence-corrected chi connectivity index (χ3v) is 6.65. The van der Waals surface area contributed by atoms with Gasteiger partial charge in [-0.2, -0.15) is 0 Å². The summed E-state index contributed by atoms with van der Waals surface area (Å²) < 4.78 is 4.22. The van der Waals surface area contributed by atoms with Gasteiger partial charge in [0.15, 0.2) is 0 Å². The van der Waals surface area contributed by atoms with Crippen LogP contribution in [-0.4, -0.2) is 19.6 Å². The van der Waals surface area contributed by atoms with E-state index in [-0.39, 0.29) is 12.5 Å². The summed E-state index contributed by atoms with van der Waals surface area (Å²) in [4.78, 5) is 40.7. The second kappa shape index (κ2) is 9.17. The van der Waals surface area contributed by atoms with Gasteiger partial charge in [0, 0.05) is 23.1 Å². The van der Waals surface area contributed by atoms with Gasteiger partial charge < -0.3 is 9.88 Å². The second-order valence-corrected chi connectivity index (χ2v) is 9.30. The molecule has 2 aromatic heterocycles. The topological polar surface area (TPSA) is 78.0 Å². The average molecular weight is 501 g/mol. The Bertz CT molecular complexity index is 1780. The third kappa shape index (κ3) is 4.01. The van der Waals surface area contributed by atoms with E-state index in [0.717, 1.165) is 33.0 Å². The molecule has 0 spiro atoms. The first kappa shape index (κ1) is 23.6. The molecular weight excluding hydrogens is 476 g/mol. The molecule has 3 aromatic carbocycles. The van der Waals surface area contributed by atoms with Crippen LogP contribution in [0, 0.1) is 6.92 Å². The number of aryl methyl sites for hydroxylation is 3. The molecule has 36 heavy (non-hydrogen) atoms. The SMILES string of the molecule is CCc1cccc(NC(=O)Cn2c(=O)n(-c3cccc(Cl)c3)c(=O)c3c2c2cc(C)ccc2n3C)c1. The van der Waals surface area contributed by atoms with Gasteiger partial charge in [-0.3, -0.25) is 14.2 Å². The normalized spacial score (nSPS) is 11.3. The van der Waals surface area contributed by atoms with Gasteiger partial charge in [0.1, 0.15) is 12.1 Å². The Morgan fingerprint density at radius 1 is 0.972 bits per heavy atom. The third-order valence-electron chi connectivity index (χ3n) is 6.41. The van der Waals surface area contributed by atoms with E-state index < -0.39 is 11.2 Å². The zero-order chi connectivity index (χ0) is 25.6. The molecule has 1 N–H and O–H groups in total. The van der Waals surface area contributed by atoms with Gasteiger partial charge in [-0.05, 0) is 61.4 Å². The van der Waals surface area contributed by atoms with Gasteiger partial charge in [-0.1, -0.05) is 48.4 Å². The van der Waals surface area contributed by atoms with Gasteiger partial charge in [0.05, 0.1) is 16.7 Å². The smallest absolute Gasteiger partial charge is 0.336 e. The number of anilines is 1. The quantitative estimate of drug-likeness (QED) is 0.376. The van der Waals surface area contributed by atoms with Crippen molar-refractivity contribution in [3.63, 3.8) is 0 Å². The minimum Gasteiger partial charge on any atom is -0.338 e. The van der Waals surface area contributed by atoms with Crippen LogP contribution < -0.4 is 16.6 Å². The highest BCUT2D eigenvalue weighted by atomic mass is 35.5. The summed E-state index contributed by atoms with van der Waals surface area (Å²) in [5, 5.41) is 4.02. The Balaban J connectivity index is 1.76.